The Balaban J connectivity index is 1.22. The second kappa shape index (κ2) is 13.4. The lowest BCUT2D eigenvalue weighted by Gasteiger charge is -2.38. The minimum Gasteiger partial charge on any atom is -0.236 e. The van der Waals surface area contributed by atoms with Crippen molar-refractivity contribution in [3.05, 3.63) is 47.8 Å². The van der Waals surface area contributed by atoms with E-state index in [-0.39, 0.29) is 0 Å². The third-order valence-corrected chi connectivity index (χ3v) is 8.96. The van der Waals surface area contributed by atoms with Gasteiger partial charge in [0.2, 0.25) is 0 Å². The van der Waals surface area contributed by atoms with Crippen molar-refractivity contribution in [3.8, 4) is 11.4 Å². The Morgan fingerprint density at radius 2 is 1.26 bits per heavy atom. The van der Waals surface area contributed by atoms with E-state index in [0.717, 1.165) is 41.5 Å². The molecule has 2 aliphatic rings. The summed E-state index contributed by atoms with van der Waals surface area (Å²) in [6, 6.07) is 9.18. The van der Waals surface area contributed by atoms with Crippen molar-refractivity contribution in [2.75, 3.05) is 0 Å². The van der Waals surface area contributed by atoms with Crippen LogP contribution in [-0.2, 0) is 6.42 Å². The van der Waals surface area contributed by atoms with Gasteiger partial charge in [-0.3, -0.25) is 0 Å². The summed E-state index contributed by atoms with van der Waals surface area (Å²) < 4.78 is 0. The Morgan fingerprint density at radius 3 is 1.88 bits per heavy atom. The molecule has 1 aromatic carbocycles. The summed E-state index contributed by atoms with van der Waals surface area (Å²) in [5.41, 5.74) is 3.93. The molecule has 4 rings (SSSR count). The van der Waals surface area contributed by atoms with Crippen LogP contribution in [-0.4, -0.2) is 9.97 Å². The fraction of sp³-hybridized carbons (Fsp3) is 0.688. The van der Waals surface area contributed by atoms with Gasteiger partial charge in [-0.2, -0.15) is 0 Å². The fourth-order valence-corrected chi connectivity index (χ4v) is 6.67. The first-order valence-corrected chi connectivity index (χ1v) is 14.7. The van der Waals surface area contributed by atoms with Crippen molar-refractivity contribution in [1.82, 2.24) is 9.97 Å². The summed E-state index contributed by atoms with van der Waals surface area (Å²) in [5, 5.41) is 0. The zero-order valence-corrected chi connectivity index (χ0v) is 22.0. The molecule has 0 amide bonds. The van der Waals surface area contributed by atoms with Gasteiger partial charge in [0.05, 0.1) is 0 Å². The summed E-state index contributed by atoms with van der Waals surface area (Å²) in [4.78, 5) is 9.29. The number of unbranched alkanes of at least 4 members (excludes halogenated alkanes) is 4. The first-order valence-electron chi connectivity index (χ1n) is 14.7. The van der Waals surface area contributed by atoms with E-state index in [2.05, 4.69) is 48.1 Å². The molecule has 1 heterocycles. The Labute approximate surface area is 209 Å². The molecule has 2 heteroatoms. The SMILES string of the molecule is CCCCCc1cnc(-c2ccc([C@H]3CC[C@H]([C@H]4CC[C@H](CCCCC)CC4)CC3)cc2)nc1. The smallest absolute Gasteiger partial charge is 0.159 e. The molecule has 0 saturated heterocycles. The van der Waals surface area contributed by atoms with Crippen molar-refractivity contribution in [2.45, 2.75) is 122 Å². The van der Waals surface area contributed by atoms with Crippen LogP contribution in [0.3, 0.4) is 0 Å². The predicted molar refractivity (Wildman–Crippen MR) is 145 cm³/mol. The highest BCUT2D eigenvalue weighted by molar-refractivity contribution is 5.55. The number of aromatic nitrogens is 2. The van der Waals surface area contributed by atoms with Gasteiger partial charge < -0.3 is 0 Å². The van der Waals surface area contributed by atoms with E-state index in [1.807, 2.05) is 12.4 Å². The third-order valence-electron chi connectivity index (χ3n) is 8.96. The van der Waals surface area contributed by atoms with Gasteiger partial charge in [-0.15, -0.1) is 0 Å². The molecule has 0 aliphatic heterocycles. The maximum atomic E-state index is 4.65. The van der Waals surface area contributed by atoms with Crippen LogP contribution in [0, 0.1) is 17.8 Å². The molecule has 2 saturated carbocycles. The first-order chi connectivity index (χ1) is 16.8. The standard InChI is InChI=1S/C32H48N2/c1-3-5-7-9-25-11-13-27(14-12-25)28-15-17-29(18-16-28)30-19-21-31(22-20-30)32-33-23-26(24-34-32)10-8-6-4-2/h19-25,27-29H,3-18H2,1-2H3/t25-,27-,28-,29-. The zero-order valence-electron chi connectivity index (χ0n) is 22.0. The van der Waals surface area contributed by atoms with Gasteiger partial charge in [0.1, 0.15) is 0 Å². The number of hydrogen-bond acceptors (Lipinski definition) is 2. The molecule has 0 bridgehead atoms. The van der Waals surface area contributed by atoms with Gasteiger partial charge in [0.15, 0.2) is 5.82 Å². The molecule has 34 heavy (non-hydrogen) atoms. The summed E-state index contributed by atoms with van der Waals surface area (Å²) in [5.74, 6) is 4.67. The molecule has 2 fully saturated rings. The normalized spacial score (nSPS) is 25.4. The van der Waals surface area contributed by atoms with Gasteiger partial charge in [0.25, 0.3) is 0 Å². The van der Waals surface area contributed by atoms with Gasteiger partial charge >= 0.3 is 0 Å². The van der Waals surface area contributed by atoms with Crippen LogP contribution in [0.5, 0.6) is 0 Å². The second-order valence-electron chi connectivity index (χ2n) is 11.4. The molecular weight excluding hydrogens is 412 g/mol. The van der Waals surface area contributed by atoms with E-state index in [4.69, 9.17) is 0 Å². The van der Waals surface area contributed by atoms with Crippen molar-refractivity contribution >= 4 is 0 Å². The lowest BCUT2D eigenvalue weighted by atomic mass is 9.68. The van der Waals surface area contributed by atoms with Gasteiger partial charge in [-0.25, -0.2) is 9.97 Å². The lowest BCUT2D eigenvalue weighted by molar-refractivity contribution is 0.155. The molecule has 1 aromatic heterocycles. The number of benzene rings is 1. The molecule has 0 atom stereocenters. The van der Waals surface area contributed by atoms with Crippen LogP contribution >= 0.6 is 0 Å². The van der Waals surface area contributed by atoms with E-state index in [9.17, 15) is 0 Å². The van der Waals surface area contributed by atoms with E-state index < -0.39 is 0 Å². The van der Waals surface area contributed by atoms with E-state index in [0.29, 0.717) is 0 Å². The van der Waals surface area contributed by atoms with E-state index in [1.165, 1.54) is 107 Å². The van der Waals surface area contributed by atoms with Crippen LogP contribution in [0.2, 0.25) is 0 Å². The number of nitrogens with zero attached hydrogens (tertiary/aromatic N) is 2. The van der Waals surface area contributed by atoms with Crippen LogP contribution in [0.4, 0.5) is 0 Å². The molecule has 186 valence electrons. The first kappa shape index (κ1) is 25.4. The van der Waals surface area contributed by atoms with Gasteiger partial charge in [-0.05, 0) is 86.2 Å². The number of rotatable bonds is 11. The highest BCUT2D eigenvalue weighted by Crippen LogP contribution is 2.44. The molecule has 2 aliphatic carbocycles. The van der Waals surface area contributed by atoms with Gasteiger partial charge in [-0.1, -0.05) is 89.5 Å². The van der Waals surface area contributed by atoms with Crippen LogP contribution in [0.1, 0.15) is 127 Å². The highest BCUT2D eigenvalue weighted by atomic mass is 14.9. The molecular formula is C32H48N2. The maximum absolute atomic E-state index is 4.65. The summed E-state index contributed by atoms with van der Waals surface area (Å²) in [6.45, 7) is 4.57. The Kier molecular flexibility index (Phi) is 10.0. The predicted octanol–water partition coefficient (Wildman–Crippen LogP) is 9.54. The summed E-state index contributed by atoms with van der Waals surface area (Å²) >= 11 is 0. The third kappa shape index (κ3) is 7.15. The molecule has 2 nitrogen and oxygen atoms in total. The lowest BCUT2D eigenvalue weighted by Crippen LogP contribution is -2.25. The van der Waals surface area contributed by atoms with Crippen molar-refractivity contribution in [3.63, 3.8) is 0 Å². The maximum Gasteiger partial charge on any atom is 0.159 e. The zero-order chi connectivity index (χ0) is 23.6. The average molecular weight is 461 g/mol. The largest absolute Gasteiger partial charge is 0.236 e. The van der Waals surface area contributed by atoms with E-state index in [1.54, 1.807) is 0 Å². The molecule has 2 aromatic rings. The van der Waals surface area contributed by atoms with Crippen molar-refractivity contribution in [2.24, 2.45) is 17.8 Å². The molecule has 0 N–H and O–H groups in total. The molecule has 0 radical (unpaired) electrons. The quantitative estimate of drug-likeness (QED) is 0.312. The Bertz CT molecular complexity index is 809. The topological polar surface area (TPSA) is 25.8 Å². The number of aryl methyl sites for hydroxylation is 1. The van der Waals surface area contributed by atoms with Crippen molar-refractivity contribution in [1.29, 1.82) is 0 Å². The molecule has 0 unspecified atom stereocenters. The molecule has 0 spiro atoms. The van der Waals surface area contributed by atoms with Crippen LogP contribution < -0.4 is 0 Å². The summed E-state index contributed by atoms with van der Waals surface area (Å²) in [6.07, 6.45) is 26.4. The monoisotopic (exact) mass is 460 g/mol. The Hall–Kier alpha value is -1.70. The summed E-state index contributed by atoms with van der Waals surface area (Å²) in [7, 11) is 0. The van der Waals surface area contributed by atoms with E-state index >= 15 is 0 Å². The Morgan fingerprint density at radius 1 is 0.676 bits per heavy atom. The highest BCUT2D eigenvalue weighted by Gasteiger charge is 2.31. The fourth-order valence-electron chi connectivity index (χ4n) is 6.67. The van der Waals surface area contributed by atoms with Crippen molar-refractivity contribution < 1.29 is 0 Å². The minimum absolute atomic E-state index is 0.748. The minimum atomic E-state index is 0.748. The van der Waals surface area contributed by atoms with Gasteiger partial charge in [0, 0.05) is 18.0 Å². The van der Waals surface area contributed by atoms with Crippen LogP contribution in [0.15, 0.2) is 36.7 Å². The average Bonchev–Trinajstić information content (AvgIpc) is 2.90. The second-order valence-corrected chi connectivity index (χ2v) is 11.4. The van der Waals surface area contributed by atoms with Crippen LogP contribution in [0.25, 0.3) is 11.4 Å². The number of hydrogen-bond donors (Lipinski definition) is 0.